The van der Waals surface area contributed by atoms with Crippen LogP contribution in [-0.4, -0.2) is 52.9 Å². The summed E-state index contributed by atoms with van der Waals surface area (Å²) in [6.45, 7) is 6.29. The maximum absolute atomic E-state index is 12.4. The third-order valence-corrected chi connectivity index (χ3v) is 4.57. The van der Waals surface area contributed by atoms with Gasteiger partial charge in [0.25, 0.3) is 5.91 Å². The molecule has 1 unspecified atom stereocenters. The smallest absolute Gasteiger partial charge is 0.271 e. The van der Waals surface area contributed by atoms with E-state index in [0.717, 1.165) is 11.4 Å². The molecule has 0 radical (unpaired) electrons. The molecule has 2 aromatic rings. The molecule has 2 heterocycles. The van der Waals surface area contributed by atoms with E-state index in [4.69, 9.17) is 0 Å². The molecule has 0 spiro atoms. The highest BCUT2D eigenvalue weighted by Gasteiger charge is 2.20. The molecule has 1 aliphatic rings. The molecule has 1 aromatic heterocycles. The molecule has 3 rings (SSSR count). The van der Waals surface area contributed by atoms with E-state index in [2.05, 4.69) is 20.2 Å². The van der Waals surface area contributed by atoms with E-state index in [1.807, 2.05) is 42.2 Å². The van der Waals surface area contributed by atoms with E-state index in [0.29, 0.717) is 31.9 Å². The first-order valence-corrected chi connectivity index (χ1v) is 8.73. The lowest BCUT2D eigenvalue weighted by atomic mass is 10.1. The number of rotatable bonds is 4. The molecule has 2 amide bonds. The number of piperazine rings is 1. The summed E-state index contributed by atoms with van der Waals surface area (Å²) in [4.78, 5) is 36.3. The zero-order chi connectivity index (χ0) is 18.5. The van der Waals surface area contributed by atoms with Crippen molar-refractivity contribution in [3.63, 3.8) is 0 Å². The molecule has 0 bridgehead atoms. The van der Waals surface area contributed by atoms with Crippen LogP contribution in [0.2, 0.25) is 0 Å². The molecule has 1 aliphatic heterocycles. The fourth-order valence-electron chi connectivity index (χ4n) is 2.95. The summed E-state index contributed by atoms with van der Waals surface area (Å²) >= 11 is 0. The SMILES string of the molecule is CC(=O)N1CCN(c2cnc(C(=O)NC(C)c3ccccc3)cn2)CC1. The summed E-state index contributed by atoms with van der Waals surface area (Å²) in [5.74, 6) is 0.568. The number of hydrogen-bond donors (Lipinski definition) is 1. The number of nitrogens with one attached hydrogen (secondary N) is 1. The first-order valence-electron chi connectivity index (χ1n) is 8.73. The highest BCUT2D eigenvalue weighted by atomic mass is 16.2. The van der Waals surface area contributed by atoms with Gasteiger partial charge in [-0.15, -0.1) is 0 Å². The number of amides is 2. The van der Waals surface area contributed by atoms with Crippen LogP contribution in [0.25, 0.3) is 0 Å². The molecule has 7 nitrogen and oxygen atoms in total. The van der Waals surface area contributed by atoms with Gasteiger partial charge in [0, 0.05) is 33.1 Å². The number of anilines is 1. The third kappa shape index (κ3) is 4.17. The maximum atomic E-state index is 12.4. The van der Waals surface area contributed by atoms with E-state index in [9.17, 15) is 9.59 Å². The number of nitrogens with zero attached hydrogens (tertiary/aromatic N) is 4. The van der Waals surface area contributed by atoms with Gasteiger partial charge in [-0.3, -0.25) is 9.59 Å². The van der Waals surface area contributed by atoms with E-state index < -0.39 is 0 Å². The Kier molecular flexibility index (Phi) is 5.46. The van der Waals surface area contributed by atoms with Crippen LogP contribution in [0.5, 0.6) is 0 Å². The number of carbonyl (C=O) groups is 2. The molecule has 26 heavy (non-hydrogen) atoms. The predicted octanol–water partition coefficient (Wildman–Crippen LogP) is 1.64. The van der Waals surface area contributed by atoms with Gasteiger partial charge in [0.15, 0.2) is 0 Å². The van der Waals surface area contributed by atoms with Crippen molar-refractivity contribution in [1.82, 2.24) is 20.2 Å². The van der Waals surface area contributed by atoms with E-state index >= 15 is 0 Å². The van der Waals surface area contributed by atoms with Crippen molar-refractivity contribution in [3.05, 3.63) is 54.0 Å². The van der Waals surface area contributed by atoms with E-state index in [1.165, 1.54) is 6.20 Å². The van der Waals surface area contributed by atoms with Gasteiger partial charge in [-0.25, -0.2) is 9.97 Å². The Morgan fingerprint density at radius 1 is 1.04 bits per heavy atom. The first kappa shape index (κ1) is 17.8. The van der Waals surface area contributed by atoms with Gasteiger partial charge in [0.1, 0.15) is 11.5 Å². The topological polar surface area (TPSA) is 78.4 Å². The van der Waals surface area contributed by atoms with Crippen LogP contribution >= 0.6 is 0 Å². The van der Waals surface area contributed by atoms with Crippen molar-refractivity contribution in [1.29, 1.82) is 0 Å². The van der Waals surface area contributed by atoms with Gasteiger partial charge < -0.3 is 15.1 Å². The molecule has 1 aromatic carbocycles. The van der Waals surface area contributed by atoms with E-state index in [-0.39, 0.29) is 17.9 Å². The molecule has 1 N–H and O–H groups in total. The lowest BCUT2D eigenvalue weighted by Crippen LogP contribution is -2.48. The molecule has 1 saturated heterocycles. The molecule has 1 fully saturated rings. The molecular formula is C19H23N5O2. The minimum Gasteiger partial charge on any atom is -0.352 e. The van der Waals surface area contributed by atoms with Crippen molar-refractivity contribution >= 4 is 17.6 Å². The fraction of sp³-hybridized carbons (Fsp3) is 0.368. The molecule has 0 saturated carbocycles. The fourth-order valence-corrected chi connectivity index (χ4v) is 2.95. The lowest BCUT2D eigenvalue weighted by molar-refractivity contribution is -0.129. The van der Waals surface area contributed by atoms with Crippen LogP contribution in [0.4, 0.5) is 5.82 Å². The normalized spacial score (nSPS) is 15.5. The lowest BCUT2D eigenvalue weighted by Gasteiger charge is -2.34. The summed E-state index contributed by atoms with van der Waals surface area (Å²) in [6.07, 6.45) is 3.12. The molecule has 7 heteroatoms. The number of hydrogen-bond acceptors (Lipinski definition) is 5. The molecule has 0 aliphatic carbocycles. The minimum atomic E-state index is -0.248. The summed E-state index contributed by atoms with van der Waals surface area (Å²) in [5, 5.41) is 2.93. The quantitative estimate of drug-likeness (QED) is 0.904. The van der Waals surface area contributed by atoms with Crippen LogP contribution in [0.3, 0.4) is 0 Å². The van der Waals surface area contributed by atoms with Crippen molar-refractivity contribution in [2.24, 2.45) is 0 Å². The van der Waals surface area contributed by atoms with Crippen LogP contribution in [0.1, 0.15) is 35.9 Å². The average Bonchev–Trinajstić information content (AvgIpc) is 2.69. The predicted molar refractivity (Wildman–Crippen MR) is 98.8 cm³/mol. The van der Waals surface area contributed by atoms with Crippen molar-refractivity contribution in [2.75, 3.05) is 31.1 Å². The Morgan fingerprint density at radius 3 is 2.31 bits per heavy atom. The van der Waals surface area contributed by atoms with Crippen molar-refractivity contribution in [2.45, 2.75) is 19.9 Å². The van der Waals surface area contributed by atoms with Crippen LogP contribution in [-0.2, 0) is 4.79 Å². The van der Waals surface area contributed by atoms with E-state index in [1.54, 1.807) is 13.1 Å². The summed E-state index contributed by atoms with van der Waals surface area (Å²) in [5.41, 5.74) is 1.33. The largest absolute Gasteiger partial charge is 0.352 e. The second kappa shape index (κ2) is 7.95. The van der Waals surface area contributed by atoms with Gasteiger partial charge >= 0.3 is 0 Å². The Hall–Kier alpha value is -2.96. The number of benzene rings is 1. The Morgan fingerprint density at radius 2 is 1.73 bits per heavy atom. The molecular weight excluding hydrogens is 330 g/mol. The molecule has 136 valence electrons. The van der Waals surface area contributed by atoms with Gasteiger partial charge in [0.05, 0.1) is 18.4 Å². The number of aromatic nitrogens is 2. The summed E-state index contributed by atoms with van der Waals surface area (Å²) in [7, 11) is 0. The highest BCUT2D eigenvalue weighted by Crippen LogP contribution is 2.14. The highest BCUT2D eigenvalue weighted by molar-refractivity contribution is 5.92. The minimum absolute atomic E-state index is 0.0929. The molecule has 1 atom stereocenters. The first-order chi connectivity index (χ1) is 12.5. The summed E-state index contributed by atoms with van der Waals surface area (Å²) in [6, 6.07) is 9.67. The average molecular weight is 353 g/mol. The monoisotopic (exact) mass is 353 g/mol. The maximum Gasteiger partial charge on any atom is 0.271 e. The van der Waals surface area contributed by atoms with Crippen LogP contribution in [0.15, 0.2) is 42.7 Å². The standard InChI is InChI=1S/C19H23N5O2/c1-14(16-6-4-3-5-7-16)22-19(26)17-12-21-18(13-20-17)24-10-8-23(9-11-24)15(2)25/h3-7,12-14H,8-11H2,1-2H3,(H,22,26). The van der Waals surface area contributed by atoms with Crippen molar-refractivity contribution in [3.8, 4) is 0 Å². The van der Waals surface area contributed by atoms with Gasteiger partial charge in [0.2, 0.25) is 5.91 Å². The Balaban J connectivity index is 1.59. The zero-order valence-corrected chi connectivity index (χ0v) is 15.1. The van der Waals surface area contributed by atoms with Crippen molar-refractivity contribution < 1.29 is 9.59 Å². The Bertz CT molecular complexity index is 755. The Labute approximate surface area is 153 Å². The van der Waals surface area contributed by atoms with Gasteiger partial charge in [-0.1, -0.05) is 30.3 Å². The second-order valence-electron chi connectivity index (χ2n) is 6.36. The van der Waals surface area contributed by atoms with Gasteiger partial charge in [-0.2, -0.15) is 0 Å². The van der Waals surface area contributed by atoms with Crippen LogP contribution in [0, 0.1) is 0 Å². The summed E-state index contributed by atoms with van der Waals surface area (Å²) < 4.78 is 0. The zero-order valence-electron chi connectivity index (χ0n) is 15.1. The van der Waals surface area contributed by atoms with Crippen LogP contribution < -0.4 is 10.2 Å². The second-order valence-corrected chi connectivity index (χ2v) is 6.36. The number of carbonyl (C=O) groups excluding carboxylic acids is 2. The third-order valence-electron chi connectivity index (χ3n) is 4.57. The van der Waals surface area contributed by atoms with Gasteiger partial charge in [-0.05, 0) is 12.5 Å².